The van der Waals surface area contributed by atoms with E-state index in [1.807, 2.05) is 25.1 Å². The van der Waals surface area contributed by atoms with E-state index in [-0.39, 0.29) is 18.1 Å². The summed E-state index contributed by atoms with van der Waals surface area (Å²) < 4.78 is 10.6. The Morgan fingerprint density at radius 2 is 1.92 bits per heavy atom. The molecule has 0 aliphatic rings. The molecule has 0 amide bonds. The Morgan fingerprint density at radius 3 is 2.58 bits per heavy atom. The molecule has 2 N–H and O–H groups in total. The predicted octanol–water partition coefficient (Wildman–Crippen LogP) is 2.85. The maximum Gasteiger partial charge on any atom is 0.315 e. The predicted molar refractivity (Wildman–Crippen MR) is 95.4 cm³/mol. The van der Waals surface area contributed by atoms with Crippen LogP contribution < -0.4 is 0 Å². The number of carbonyl (C=O) groups is 1. The Morgan fingerprint density at radius 1 is 1.21 bits per heavy atom. The van der Waals surface area contributed by atoms with Crippen molar-refractivity contribution in [2.24, 2.45) is 0 Å². The normalized spacial score (nSPS) is 13.6. The molecular weight excluding hydrogens is 328 g/mol. The van der Waals surface area contributed by atoms with Gasteiger partial charge >= 0.3 is 5.97 Å². The number of aliphatic hydroxyl groups is 1. The van der Waals surface area contributed by atoms with Gasteiger partial charge in [0.2, 0.25) is 0 Å². The van der Waals surface area contributed by atoms with E-state index in [0.29, 0.717) is 24.0 Å². The molecule has 24 heavy (non-hydrogen) atoms. The number of phenolic OH excluding ortho intramolecular Hbond substituents is 1. The van der Waals surface area contributed by atoms with Crippen LogP contribution >= 0.6 is 12.6 Å². The molecule has 0 spiro atoms. The second kappa shape index (κ2) is 8.92. The highest BCUT2D eigenvalue weighted by molar-refractivity contribution is 7.81. The number of hydrogen-bond donors (Lipinski definition) is 3. The first-order valence-electron chi connectivity index (χ1n) is 7.85. The van der Waals surface area contributed by atoms with Crippen LogP contribution in [0.3, 0.4) is 0 Å². The fourth-order valence-electron chi connectivity index (χ4n) is 2.65. The van der Waals surface area contributed by atoms with Gasteiger partial charge in [-0.15, -0.1) is 0 Å². The van der Waals surface area contributed by atoms with Crippen LogP contribution in [0.1, 0.15) is 25.0 Å². The van der Waals surface area contributed by atoms with Gasteiger partial charge in [0.25, 0.3) is 0 Å². The number of aromatic hydroxyl groups is 1. The second-order valence-electron chi connectivity index (χ2n) is 5.33. The highest BCUT2D eigenvalue weighted by atomic mass is 32.1. The number of phenols is 1. The number of esters is 1. The zero-order chi connectivity index (χ0) is 17.5. The molecule has 0 fully saturated rings. The van der Waals surface area contributed by atoms with Gasteiger partial charge in [-0.25, -0.2) is 0 Å². The lowest BCUT2D eigenvalue weighted by Gasteiger charge is -2.24. The van der Waals surface area contributed by atoms with Gasteiger partial charge in [-0.05, 0) is 23.9 Å². The molecular formula is C18H22O5S. The largest absolute Gasteiger partial charge is 0.507 e. The minimum atomic E-state index is -0.898. The first kappa shape index (κ1) is 18.6. The van der Waals surface area contributed by atoms with Crippen LogP contribution in [0.4, 0.5) is 0 Å². The molecule has 0 aliphatic carbocycles. The van der Waals surface area contributed by atoms with Crippen molar-refractivity contribution < 1.29 is 24.5 Å². The minimum Gasteiger partial charge on any atom is -0.507 e. The molecule has 2 atom stereocenters. The summed E-state index contributed by atoms with van der Waals surface area (Å²) in [5.41, 5.74) is 0.669. The molecule has 130 valence electrons. The van der Waals surface area contributed by atoms with Crippen molar-refractivity contribution >= 4 is 29.4 Å². The van der Waals surface area contributed by atoms with E-state index in [9.17, 15) is 15.0 Å². The smallest absolute Gasteiger partial charge is 0.315 e. The molecule has 5 nitrogen and oxygen atoms in total. The van der Waals surface area contributed by atoms with Gasteiger partial charge in [0.15, 0.2) is 0 Å². The SMILES string of the molecule is CCO[C@H](CCOC(=O)CS)[C@H](O)c1ccc(O)c2ccccc12. The minimum absolute atomic E-state index is 0.0183. The quantitative estimate of drug-likeness (QED) is 0.504. The number of fused-ring (bicyclic) bond motifs is 1. The Labute approximate surface area is 146 Å². The number of benzene rings is 2. The van der Waals surface area contributed by atoms with Crippen molar-refractivity contribution in [2.75, 3.05) is 19.0 Å². The van der Waals surface area contributed by atoms with Crippen LogP contribution in [-0.4, -0.2) is 41.3 Å². The fraction of sp³-hybridized carbons (Fsp3) is 0.389. The lowest BCUT2D eigenvalue weighted by atomic mass is 9.95. The number of hydrogen-bond acceptors (Lipinski definition) is 6. The molecule has 0 unspecified atom stereocenters. The third kappa shape index (κ3) is 4.41. The lowest BCUT2D eigenvalue weighted by Crippen LogP contribution is -2.25. The van der Waals surface area contributed by atoms with E-state index in [2.05, 4.69) is 12.6 Å². The van der Waals surface area contributed by atoms with Crippen molar-refractivity contribution in [3.8, 4) is 5.75 Å². The Hall–Kier alpha value is -1.76. The molecule has 2 aromatic rings. The summed E-state index contributed by atoms with van der Waals surface area (Å²) in [6.07, 6.45) is -1.05. The van der Waals surface area contributed by atoms with Crippen molar-refractivity contribution in [1.29, 1.82) is 0 Å². The molecule has 0 aliphatic heterocycles. The van der Waals surface area contributed by atoms with Gasteiger partial charge in [-0.2, -0.15) is 12.6 Å². The van der Waals surface area contributed by atoms with Gasteiger partial charge in [-0.1, -0.05) is 30.3 Å². The van der Waals surface area contributed by atoms with E-state index in [0.717, 1.165) is 5.39 Å². The molecule has 0 radical (unpaired) electrons. The Bertz CT molecular complexity index is 688. The topological polar surface area (TPSA) is 76.0 Å². The maximum atomic E-state index is 11.2. The average Bonchev–Trinajstić information content (AvgIpc) is 2.61. The van der Waals surface area contributed by atoms with Crippen LogP contribution in [0.2, 0.25) is 0 Å². The molecule has 0 saturated carbocycles. The van der Waals surface area contributed by atoms with Gasteiger partial charge < -0.3 is 19.7 Å². The zero-order valence-electron chi connectivity index (χ0n) is 13.5. The van der Waals surface area contributed by atoms with E-state index in [1.165, 1.54) is 0 Å². The fourth-order valence-corrected chi connectivity index (χ4v) is 2.74. The van der Waals surface area contributed by atoms with E-state index in [4.69, 9.17) is 9.47 Å². The number of rotatable bonds is 8. The second-order valence-corrected chi connectivity index (χ2v) is 5.64. The van der Waals surface area contributed by atoms with Gasteiger partial charge in [0.1, 0.15) is 11.9 Å². The highest BCUT2D eigenvalue weighted by Crippen LogP contribution is 2.33. The molecule has 0 bridgehead atoms. The van der Waals surface area contributed by atoms with Crippen LogP contribution in [0.25, 0.3) is 10.8 Å². The van der Waals surface area contributed by atoms with Gasteiger partial charge in [-0.3, -0.25) is 4.79 Å². The van der Waals surface area contributed by atoms with Crippen LogP contribution in [0, 0.1) is 0 Å². The monoisotopic (exact) mass is 350 g/mol. The summed E-state index contributed by atoms with van der Waals surface area (Å²) in [5, 5.41) is 22.2. The first-order valence-corrected chi connectivity index (χ1v) is 8.48. The van der Waals surface area contributed by atoms with Crippen molar-refractivity contribution in [2.45, 2.75) is 25.6 Å². The summed E-state index contributed by atoms with van der Waals surface area (Å²) in [6, 6.07) is 10.6. The van der Waals surface area contributed by atoms with E-state index < -0.39 is 18.2 Å². The summed E-state index contributed by atoms with van der Waals surface area (Å²) in [5.74, 6) is -0.222. The van der Waals surface area contributed by atoms with E-state index in [1.54, 1.807) is 18.2 Å². The Kier molecular flexibility index (Phi) is 6.90. The lowest BCUT2D eigenvalue weighted by molar-refractivity contribution is -0.142. The van der Waals surface area contributed by atoms with Crippen molar-refractivity contribution in [3.05, 3.63) is 42.0 Å². The third-order valence-electron chi connectivity index (χ3n) is 3.78. The molecule has 2 aromatic carbocycles. The highest BCUT2D eigenvalue weighted by Gasteiger charge is 2.24. The number of thiol groups is 1. The van der Waals surface area contributed by atoms with E-state index >= 15 is 0 Å². The number of carbonyl (C=O) groups excluding carboxylic acids is 1. The summed E-state index contributed by atoms with van der Waals surface area (Å²) in [6.45, 7) is 2.42. The van der Waals surface area contributed by atoms with Gasteiger partial charge in [0, 0.05) is 18.4 Å². The zero-order valence-corrected chi connectivity index (χ0v) is 14.4. The maximum absolute atomic E-state index is 11.2. The summed E-state index contributed by atoms with van der Waals surface area (Å²) >= 11 is 3.85. The Balaban J connectivity index is 2.21. The first-order chi connectivity index (χ1) is 11.6. The number of ether oxygens (including phenoxy) is 2. The molecule has 0 heterocycles. The molecule has 0 saturated heterocycles. The third-order valence-corrected chi connectivity index (χ3v) is 4.04. The van der Waals surface area contributed by atoms with Gasteiger partial charge in [0.05, 0.1) is 18.5 Å². The molecule has 0 aromatic heterocycles. The van der Waals surface area contributed by atoms with Crippen molar-refractivity contribution in [3.63, 3.8) is 0 Å². The summed E-state index contributed by atoms with van der Waals surface area (Å²) in [4.78, 5) is 11.2. The molecule has 6 heteroatoms. The van der Waals surface area contributed by atoms with Crippen LogP contribution in [0.5, 0.6) is 5.75 Å². The summed E-state index contributed by atoms with van der Waals surface area (Å²) in [7, 11) is 0. The average molecular weight is 350 g/mol. The van der Waals surface area contributed by atoms with Crippen molar-refractivity contribution in [1.82, 2.24) is 0 Å². The number of aliphatic hydroxyl groups excluding tert-OH is 1. The van der Waals surface area contributed by atoms with Crippen LogP contribution in [-0.2, 0) is 14.3 Å². The molecule has 2 rings (SSSR count). The van der Waals surface area contributed by atoms with Crippen LogP contribution in [0.15, 0.2) is 36.4 Å². The standard InChI is InChI=1S/C18H22O5S/c1-2-22-16(9-10-23-17(20)11-24)18(21)14-7-8-15(19)13-6-4-3-5-12(13)14/h3-8,16,18-19,21,24H,2,9-11H2,1H3/t16-,18-/m1/s1.